The largest absolute Gasteiger partial charge is 0.380 e. The first-order chi connectivity index (χ1) is 10.2. The van der Waals surface area contributed by atoms with Crippen molar-refractivity contribution >= 4 is 11.0 Å². The van der Waals surface area contributed by atoms with Crippen LogP contribution in [0.5, 0.6) is 0 Å². The minimum atomic E-state index is 0.596. The van der Waals surface area contributed by atoms with E-state index in [0.29, 0.717) is 5.92 Å². The van der Waals surface area contributed by atoms with Gasteiger partial charge in [0.2, 0.25) is 0 Å². The summed E-state index contributed by atoms with van der Waals surface area (Å²) in [5, 5.41) is 3.43. The van der Waals surface area contributed by atoms with Crippen LogP contribution in [0.3, 0.4) is 0 Å². The first-order valence-electron chi connectivity index (χ1n) is 7.95. The van der Waals surface area contributed by atoms with Gasteiger partial charge in [0.05, 0.1) is 24.2 Å². The van der Waals surface area contributed by atoms with Crippen LogP contribution in [-0.4, -0.2) is 29.3 Å². The molecule has 1 N–H and O–H groups in total. The Morgan fingerprint density at radius 3 is 2.86 bits per heavy atom. The number of imidazole rings is 1. The maximum absolute atomic E-state index is 5.58. The van der Waals surface area contributed by atoms with Crippen molar-refractivity contribution in [2.45, 2.75) is 40.3 Å². The highest BCUT2D eigenvalue weighted by Gasteiger charge is 2.08. The molecule has 0 spiro atoms. The standard InChI is InChI=1S/C17H27N3O/c1-4-10-20-16-8-6-5-7-15(16)19-17(20)12-18-9-11-21-13-14(2)3/h5-8,14,18H,4,9-13H2,1-3H3. The van der Waals surface area contributed by atoms with Gasteiger partial charge in [-0.25, -0.2) is 4.98 Å². The van der Waals surface area contributed by atoms with Crippen molar-refractivity contribution in [2.75, 3.05) is 19.8 Å². The van der Waals surface area contributed by atoms with Gasteiger partial charge in [0, 0.05) is 19.7 Å². The SMILES string of the molecule is CCCn1c(CNCCOCC(C)C)nc2ccccc21. The molecule has 0 aliphatic carbocycles. The van der Waals surface area contributed by atoms with Crippen molar-refractivity contribution in [3.05, 3.63) is 30.1 Å². The molecule has 2 rings (SSSR count). The van der Waals surface area contributed by atoms with Crippen LogP contribution in [0.1, 0.15) is 33.0 Å². The lowest BCUT2D eigenvalue weighted by molar-refractivity contribution is 0.111. The van der Waals surface area contributed by atoms with Crippen molar-refractivity contribution in [3.8, 4) is 0 Å². The summed E-state index contributed by atoms with van der Waals surface area (Å²) in [6.45, 7) is 10.8. The minimum absolute atomic E-state index is 0.596. The van der Waals surface area contributed by atoms with E-state index in [1.807, 2.05) is 6.07 Å². The zero-order chi connectivity index (χ0) is 15.1. The smallest absolute Gasteiger partial charge is 0.123 e. The van der Waals surface area contributed by atoms with E-state index >= 15 is 0 Å². The molecule has 0 amide bonds. The number of para-hydroxylation sites is 2. The summed E-state index contributed by atoms with van der Waals surface area (Å²) in [5.74, 6) is 1.71. The molecule has 0 aliphatic rings. The number of fused-ring (bicyclic) bond motifs is 1. The Kier molecular flexibility index (Phi) is 6.21. The molecule has 4 nitrogen and oxygen atoms in total. The molecule has 0 unspecified atom stereocenters. The second kappa shape index (κ2) is 8.15. The van der Waals surface area contributed by atoms with Crippen LogP contribution >= 0.6 is 0 Å². The van der Waals surface area contributed by atoms with Gasteiger partial charge < -0.3 is 14.6 Å². The second-order valence-electron chi connectivity index (χ2n) is 5.81. The normalized spacial score (nSPS) is 11.6. The number of ether oxygens (including phenoxy) is 1. The third kappa shape index (κ3) is 4.55. The van der Waals surface area contributed by atoms with E-state index in [-0.39, 0.29) is 0 Å². The Hall–Kier alpha value is -1.39. The van der Waals surface area contributed by atoms with Gasteiger partial charge >= 0.3 is 0 Å². The molecule has 1 heterocycles. The summed E-state index contributed by atoms with van der Waals surface area (Å²) >= 11 is 0. The molecule has 0 bridgehead atoms. The number of aryl methyl sites for hydroxylation is 1. The average molecular weight is 289 g/mol. The highest BCUT2D eigenvalue weighted by atomic mass is 16.5. The maximum atomic E-state index is 5.58. The number of hydrogen-bond acceptors (Lipinski definition) is 3. The molecule has 1 aromatic heterocycles. The first kappa shape index (κ1) is 16.0. The molecule has 0 fully saturated rings. The summed E-state index contributed by atoms with van der Waals surface area (Å²) < 4.78 is 7.90. The Morgan fingerprint density at radius 2 is 2.10 bits per heavy atom. The lowest BCUT2D eigenvalue weighted by Crippen LogP contribution is -2.22. The third-order valence-corrected chi connectivity index (χ3v) is 3.34. The monoisotopic (exact) mass is 289 g/mol. The summed E-state index contributed by atoms with van der Waals surface area (Å²) in [6.07, 6.45) is 1.12. The summed E-state index contributed by atoms with van der Waals surface area (Å²) in [4.78, 5) is 4.74. The fourth-order valence-electron chi connectivity index (χ4n) is 2.40. The molecule has 2 aromatic rings. The van der Waals surface area contributed by atoms with Crippen LogP contribution in [0.25, 0.3) is 11.0 Å². The topological polar surface area (TPSA) is 39.1 Å². The Labute approximate surface area is 127 Å². The number of rotatable bonds is 9. The molecule has 0 saturated carbocycles. The van der Waals surface area contributed by atoms with Gasteiger partial charge in [-0.1, -0.05) is 32.9 Å². The molecule has 0 saturated heterocycles. The minimum Gasteiger partial charge on any atom is -0.380 e. The Bertz CT molecular complexity index is 548. The number of benzene rings is 1. The quantitative estimate of drug-likeness (QED) is 0.721. The molecule has 1 aromatic carbocycles. The van der Waals surface area contributed by atoms with Crippen molar-refractivity contribution in [1.29, 1.82) is 0 Å². The van der Waals surface area contributed by atoms with E-state index in [9.17, 15) is 0 Å². The van der Waals surface area contributed by atoms with E-state index in [1.165, 1.54) is 5.52 Å². The molecule has 0 aliphatic heterocycles. The Balaban J connectivity index is 1.90. The number of nitrogens with one attached hydrogen (secondary N) is 1. The zero-order valence-electron chi connectivity index (χ0n) is 13.4. The lowest BCUT2D eigenvalue weighted by Gasteiger charge is -2.10. The fraction of sp³-hybridized carbons (Fsp3) is 0.588. The Morgan fingerprint density at radius 1 is 1.29 bits per heavy atom. The van der Waals surface area contributed by atoms with Gasteiger partial charge in [0.15, 0.2) is 0 Å². The third-order valence-electron chi connectivity index (χ3n) is 3.34. The van der Waals surface area contributed by atoms with E-state index in [2.05, 4.69) is 48.9 Å². The van der Waals surface area contributed by atoms with Crippen molar-refractivity contribution in [3.63, 3.8) is 0 Å². The highest BCUT2D eigenvalue weighted by molar-refractivity contribution is 5.75. The van der Waals surface area contributed by atoms with Crippen molar-refractivity contribution < 1.29 is 4.74 Å². The molecule has 0 atom stereocenters. The summed E-state index contributed by atoms with van der Waals surface area (Å²) in [6, 6.07) is 8.35. The van der Waals surface area contributed by atoms with E-state index in [1.54, 1.807) is 0 Å². The van der Waals surface area contributed by atoms with Crippen LogP contribution in [0.4, 0.5) is 0 Å². The van der Waals surface area contributed by atoms with Crippen LogP contribution in [0, 0.1) is 5.92 Å². The zero-order valence-corrected chi connectivity index (χ0v) is 13.4. The maximum Gasteiger partial charge on any atom is 0.123 e. The summed E-state index contributed by atoms with van der Waals surface area (Å²) in [5.41, 5.74) is 2.31. The molecule has 0 radical (unpaired) electrons. The lowest BCUT2D eigenvalue weighted by atomic mass is 10.2. The predicted molar refractivity (Wildman–Crippen MR) is 87.4 cm³/mol. The van der Waals surface area contributed by atoms with Crippen LogP contribution in [-0.2, 0) is 17.8 Å². The van der Waals surface area contributed by atoms with E-state index in [0.717, 1.165) is 50.6 Å². The van der Waals surface area contributed by atoms with E-state index in [4.69, 9.17) is 9.72 Å². The van der Waals surface area contributed by atoms with Gasteiger partial charge in [-0.05, 0) is 24.5 Å². The fourth-order valence-corrected chi connectivity index (χ4v) is 2.40. The molecular weight excluding hydrogens is 262 g/mol. The van der Waals surface area contributed by atoms with Gasteiger partial charge in [-0.2, -0.15) is 0 Å². The molecule has 21 heavy (non-hydrogen) atoms. The molecular formula is C17H27N3O. The number of aromatic nitrogens is 2. The average Bonchev–Trinajstić information content (AvgIpc) is 2.81. The summed E-state index contributed by atoms with van der Waals surface area (Å²) in [7, 11) is 0. The van der Waals surface area contributed by atoms with Gasteiger partial charge in [0.25, 0.3) is 0 Å². The van der Waals surface area contributed by atoms with Gasteiger partial charge in [-0.3, -0.25) is 0 Å². The highest BCUT2D eigenvalue weighted by Crippen LogP contribution is 2.16. The molecule has 4 heteroatoms. The van der Waals surface area contributed by atoms with Gasteiger partial charge in [-0.15, -0.1) is 0 Å². The van der Waals surface area contributed by atoms with Gasteiger partial charge in [0.1, 0.15) is 5.82 Å². The van der Waals surface area contributed by atoms with E-state index < -0.39 is 0 Å². The van der Waals surface area contributed by atoms with Crippen LogP contribution < -0.4 is 5.32 Å². The molecule has 116 valence electrons. The van der Waals surface area contributed by atoms with Crippen LogP contribution in [0.2, 0.25) is 0 Å². The van der Waals surface area contributed by atoms with Crippen molar-refractivity contribution in [2.24, 2.45) is 5.92 Å². The number of nitrogens with zero attached hydrogens (tertiary/aromatic N) is 2. The van der Waals surface area contributed by atoms with Crippen LogP contribution in [0.15, 0.2) is 24.3 Å². The predicted octanol–water partition coefficient (Wildman–Crippen LogP) is 3.21. The van der Waals surface area contributed by atoms with Crippen molar-refractivity contribution in [1.82, 2.24) is 14.9 Å². The first-order valence-corrected chi connectivity index (χ1v) is 7.95. The second-order valence-corrected chi connectivity index (χ2v) is 5.81. The number of hydrogen-bond donors (Lipinski definition) is 1.